The first-order chi connectivity index (χ1) is 13.1. The van der Waals surface area contributed by atoms with Gasteiger partial charge in [0.2, 0.25) is 5.91 Å². The number of benzene rings is 1. The molecule has 146 valence electrons. The number of carbonyl (C=O) groups excluding carboxylic acids is 1. The van der Waals surface area contributed by atoms with E-state index in [0.717, 1.165) is 6.42 Å². The lowest BCUT2D eigenvalue weighted by Gasteiger charge is -2.34. The van der Waals surface area contributed by atoms with Gasteiger partial charge in [-0.3, -0.25) is 4.79 Å². The average Bonchev–Trinajstić information content (AvgIpc) is 2.72. The highest BCUT2D eigenvalue weighted by molar-refractivity contribution is 5.79. The van der Waals surface area contributed by atoms with Gasteiger partial charge in [-0.15, -0.1) is 0 Å². The Hall–Kier alpha value is -2.17. The molecule has 2 heterocycles. The van der Waals surface area contributed by atoms with E-state index in [-0.39, 0.29) is 29.7 Å². The number of ether oxygens (including phenoxy) is 2. The van der Waals surface area contributed by atoms with Crippen molar-refractivity contribution in [1.29, 1.82) is 5.26 Å². The molecule has 1 aromatic carbocycles. The summed E-state index contributed by atoms with van der Waals surface area (Å²) in [5.74, 6) is -0.0950. The third-order valence-electron chi connectivity index (χ3n) is 5.57. The zero-order valence-electron chi connectivity index (χ0n) is 15.6. The maximum atomic E-state index is 14.2. The van der Waals surface area contributed by atoms with E-state index in [0.29, 0.717) is 56.9 Å². The molecule has 27 heavy (non-hydrogen) atoms. The Balaban J connectivity index is 1.48. The number of piperidine rings is 1. The van der Waals surface area contributed by atoms with Crippen molar-refractivity contribution in [2.75, 3.05) is 44.9 Å². The second-order valence-electron chi connectivity index (χ2n) is 7.18. The lowest BCUT2D eigenvalue weighted by Crippen LogP contribution is -2.45. The molecular formula is C20H26FN3O3. The van der Waals surface area contributed by atoms with Gasteiger partial charge in [-0.25, -0.2) is 4.39 Å². The molecular weight excluding hydrogens is 349 g/mol. The maximum absolute atomic E-state index is 14.2. The third kappa shape index (κ3) is 4.76. The summed E-state index contributed by atoms with van der Waals surface area (Å²) in [6.45, 7) is 3.13. The first kappa shape index (κ1) is 19.6. The van der Waals surface area contributed by atoms with Gasteiger partial charge in [0, 0.05) is 45.2 Å². The van der Waals surface area contributed by atoms with Gasteiger partial charge in [0.1, 0.15) is 5.82 Å². The van der Waals surface area contributed by atoms with Crippen molar-refractivity contribution in [3.05, 3.63) is 29.6 Å². The standard InChI is InChI=1S/C20H26FN3O3/c1-26-19-13-27-9-6-16(19)12-23-20(25)15-4-7-24(8-5-15)18-3-2-14(11-22)10-17(18)21/h2-3,10,15-16,19H,4-9,12-13H2,1H3,(H,23,25). The quantitative estimate of drug-likeness (QED) is 0.853. The number of carbonyl (C=O) groups is 1. The number of methoxy groups -OCH3 is 1. The lowest BCUT2D eigenvalue weighted by molar-refractivity contribution is -0.126. The first-order valence-electron chi connectivity index (χ1n) is 9.45. The zero-order valence-corrected chi connectivity index (χ0v) is 15.6. The normalized spacial score (nSPS) is 23.7. The molecule has 0 aromatic heterocycles. The van der Waals surface area contributed by atoms with Gasteiger partial charge in [-0.1, -0.05) is 0 Å². The summed E-state index contributed by atoms with van der Waals surface area (Å²) in [5, 5.41) is 11.9. The molecule has 2 atom stereocenters. The highest BCUT2D eigenvalue weighted by atomic mass is 19.1. The number of halogens is 1. The van der Waals surface area contributed by atoms with Crippen molar-refractivity contribution in [2.24, 2.45) is 11.8 Å². The fourth-order valence-corrected chi connectivity index (χ4v) is 3.84. The van der Waals surface area contributed by atoms with E-state index in [1.807, 2.05) is 11.0 Å². The number of nitrogens with zero attached hydrogens (tertiary/aromatic N) is 2. The molecule has 0 spiro atoms. The largest absolute Gasteiger partial charge is 0.379 e. The molecule has 1 aromatic rings. The minimum Gasteiger partial charge on any atom is -0.379 e. The Bertz CT molecular complexity index is 698. The van der Waals surface area contributed by atoms with Crippen molar-refractivity contribution < 1.29 is 18.7 Å². The number of rotatable bonds is 5. The van der Waals surface area contributed by atoms with E-state index in [1.165, 1.54) is 6.07 Å². The molecule has 0 saturated carbocycles. The fourth-order valence-electron chi connectivity index (χ4n) is 3.84. The molecule has 1 amide bonds. The van der Waals surface area contributed by atoms with Gasteiger partial charge in [-0.05, 0) is 37.5 Å². The summed E-state index contributed by atoms with van der Waals surface area (Å²) in [6.07, 6.45) is 2.29. The lowest BCUT2D eigenvalue weighted by atomic mass is 9.93. The average molecular weight is 375 g/mol. The van der Waals surface area contributed by atoms with Crippen molar-refractivity contribution in [3.8, 4) is 6.07 Å². The van der Waals surface area contributed by atoms with Gasteiger partial charge in [0.05, 0.1) is 30.0 Å². The minimum absolute atomic E-state index is 0.0280. The van der Waals surface area contributed by atoms with Crippen LogP contribution in [0.1, 0.15) is 24.8 Å². The third-order valence-corrected chi connectivity index (χ3v) is 5.57. The van der Waals surface area contributed by atoms with Gasteiger partial charge >= 0.3 is 0 Å². The summed E-state index contributed by atoms with van der Waals surface area (Å²) < 4.78 is 25.0. The molecule has 0 bridgehead atoms. The van der Waals surface area contributed by atoms with Crippen LogP contribution in [0.2, 0.25) is 0 Å². The molecule has 2 aliphatic rings. The highest BCUT2D eigenvalue weighted by Gasteiger charge is 2.29. The predicted octanol–water partition coefficient (Wildman–Crippen LogP) is 2.08. The second kappa shape index (κ2) is 9.16. The molecule has 0 aliphatic carbocycles. The summed E-state index contributed by atoms with van der Waals surface area (Å²) in [6, 6.07) is 6.46. The zero-order chi connectivity index (χ0) is 19.2. The SMILES string of the molecule is COC1COCCC1CNC(=O)C1CCN(c2ccc(C#N)cc2F)CC1. The van der Waals surface area contributed by atoms with Crippen LogP contribution in [0.15, 0.2) is 18.2 Å². The Kier molecular flexibility index (Phi) is 6.64. The molecule has 2 aliphatic heterocycles. The van der Waals surface area contributed by atoms with Crippen LogP contribution in [0.5, 0.6) is 0 Å². The van der Waals surface area contributed by atoms with Crippen LogP contribution in [0, 0.1) is 29.0 Å². The van der Waals surface area contributed by atoms with Crippen LogP contribution in [-0.2, 0) is 14.3 Å². The number of hydrogen-bond acceptors (Lipinski definition) is 5. The van der Waals surface area contributed by atoms with E-state index in [4.69, 9.17) is 14.7 Å². The van der Waals surface area contributed by atoms with Gasteiger partial charge in [0.25, 0.3) is 0 Å². The Labute approximate surface area is 159 Å². The van der Waals surface area contributed by atoms with Crippen LogP contribution in [0.25, 0.3) is 0 Å². The maximum Gasteiger partial charge on any atom is 0.223 e. The molecule has 0 radical (unpaired) electrons. The molecule has 7 heteroatoms. The smallest absolute Gasteiger partial charge is 0.223 e. The van der Waals surface area contributed by atoms with Crippen molar-refractivity contribution >= 4 is 11.6 Å². The van der Waals surface area contributed by atoms with E-state index < -0.39 is 0 Å². The summed E-state index contributed by atoms with van der Waals surface area (Å²) in [7, 11) is 1.67. The Morgan fingerprint density at radius 1 is 1.41 bits per heavy atom. The molecule has 1 N–H and O–H groups in total. The number of nitriles is 1. The van der Waals surface area contributed by atoms with Crippen molar-refractivity contribution in [3.63, 3.8) is 0 Å². The summed E-state index contributed by atoms with van der Waals surface area (Å²) in [4.78, 5) is 14.5. The van der Waals surface area contributed by atoms with E-state index in [2.05, 4.69) is 5.32 Å². The number of anilines is 1. The number of nitrogens with one attached hydrogen (secondary N) is 1. The summed E-state index contributed by atoms with van der Waals surface area (Å²) in [5.41, 5.74) is 0.811. The number of hydrogen-bond donors (Lipinski definition) is 1. The molecule has 6 nitrogen and oxygen atoms in total. The topological polar surface area (TPSA) is 74.6 Å². The Morgan fingerprint density at radius 3 is 2.85 bits per heavy atom. The van der Waals surface area contributed by atoms with Crippen LogP contribution in [-0.4, -0.2) is 52.0 Å². The number of amides is 1. The monoisotopic (exact) mass is 375 g/mol. The van der Waals surface area contributed by atoms with E-state index >= 15 is 0 Å². The molecule has 3 rings (SSSR count). The van der Waals surface area contributed by atoms with Crippen LogP contribution < -0.4 is 10.2 Å². The van der Waals surface area contributed by atoms with E-state index in [1.54, 1.807) is 19.2 Å². The highest BCUT2D eigenvalue weighted by Crippen LogP contribution is 2.26. The van der Waals surface area contributed by atoms with Crippen molar-refractivity contribution in [2.45, 2.75) is 25.4 Å². The van der Waals surface area contributed by atoms with Crippen LogP contribution in [0.4, 0.5) is 10.1 Å². The molecule has 2 fully saturated rings. The minimum atomic E-state index is -0.387. The van der Waals surface area contributed by atoms with Crippen molar-refractivity contribution in [1.82, 2.24) is 5.32 Å². The van der Waals surface area contributed by atoms with Gasteiger partial charge in [0.15, 0.2) is 0 Å². The summed E-state index contributed by atoms with van der Waals surface area (Å²) >= 11 is 0. The predicted molar refractivity (Wildman–Crippen MR) is 98.8 cm³/mol. The van der Waals surface area contributed by atoms with Crippen LogP contribution in [0.3, 0.4) is 0 Å². The fraction of sp³-hybridized carbons (Fsp3) is 0.600. The van der Waals surface area contributed by atoms with Gasteiger partial charge in [-0.2, -0.15) is 5.26 Å². The Morgan fingerprint density at radius 2 is 2.19 bits per heavy atom. The first-order valence-corrected chi connectivity index (χ1v) is 9.45. The van der Waals surface area contributed by atoms with Crippen LogP contribution >= 0.6 is 0 Å². The molecule has 2 unspecified atom stereocenters. The van der Waals surface area contributed by atoms with Gasteiger partial charge < -0.3 is 19.7 Å². The van der Waals surface area contributed by atoms with E-state index in [9.17, 15) is 9.18 Å². The second-order valence-corrected chi connectivity index (χ2v) is 7.18. The molecule has 2 saturated heterocycles.